The Kier molecular flexibility index (Phi) is 2.32. The fourth-order valence-electron chi connectivity index (χ4n) is 1.59. The molecule has 1 aromatic carbocycles. The average molecular weight is 219 g/mol. The summed E-state index contributed by atoms with van der Waals surface area (Å²) in [5.41, 5.74) is 6.11. The van der Waals surface area contributed by atoms with Crippen molar-refractivity contribution < 1.29 is 14.7 Å². The minimum absolute atomic E-state index is 0.0825. The fraction of sp³-hybridized carbons (Fsp3) is 0.100. The number of nitrogens with zero attached hydrogens (tertiary/aromatic N) is 2. The Morgan fingerprint density at radius 3 is 2.81 bits per heavy atom. The van der Waals surface area contributed by atoms with Crippen molar-refractivity contribution in [3.8, 4) is 0 Å². The molecule has 1 aromatic heterocycles. The molecule has 0 unspecified atom stereocenters. The third kappa shape index (κ3) is 1.60. The van der Waals surface area contributed by atoms with Gasteiger partial charge in [0.15, 0.2) is 0 Å². The normalized spacial score (nSPS) is 10.5. The highest BCUT2D eigenvalue weighted by molar-refractivity contribution is 6.01. The number of benzene rings is 1. The number of para-hydroxylation sites is 1. The Hall–Kier alpha value is -2.37. The summed E-state index contributed by atoms with van der Waals surface area (Å²) in [7, 11) is 0. The summed E-state index contributed by atoms with van der Waals surface area (Å²) in [6.45, 7) is -0.0825. The zero-order valence-electron chi connectivity index (χ0n) is 8.25. The number of aromatic nitrogens is 2. The van der Waals surface area contributed by atoms with Crippen LogP contribution in [0.4, 0.5) is 0 Å². The molecule has 0 aliphatic carbocycles. The maximum atomic E-state index is 11.0. The minimum Gasteiger partial charge on any atom is -0.478 e. The first-order valence-corrected chi connectivity index (χ1v) is 4.55. The monoisotopic (exact) mass is 219 g/mol. The molecule has 0 saturated carbocycles. The number of hydrogen-bond donors (Lipinski definition) is 2. The number of primary amides is 1. The Morgan fingerprint density at radius 1 is 1.44 bits per heavy atom. The number of rotatable bonds is 3. The number of aromatic carboxylic acids is 1. The molecule has 2 rings (SSSR count). The first-order valence-electron chi connectivity index (χ1n) is 4.55. The first kappa shape index (κ1) is 10.2. The molecular weight excluding hydrogens is 210 g/mol. The summed E-state index contributed by atoms with van der Waals surface area (Å²) in [5.74, 6) is -1.60. The number of carbonyl (C=O) groups excluding carboxylic acids is 1. The van der Waals surface area contributed by atoms with Crippen LogP contribution in [-0.4, -0.2) is 26.5 Å². The van der Waals surface area contributed by atoms with Crippen LogP contribution in [0, 0.1) is 0 Å². The fourth-order valence-corrected chi connectivity index (χ4v) is 1.59. The highest BCUT2D eigenvalue weighted by Gasteiger charge is 2.13. The molecular formula is C10H9N3O3. The molecule has 82 valence electrons. The predicted octanol–water partition coefficient (Wildman–Crippen LogP) is 0.220. The van der Waals surface area contributed by atoms with Gasteiger partial charge in [-0.2, -0.15) is 0 Å². The van der Waals surface area contributed by atoms with Crippen LogP contribution in [-0.2, 0) is 11.3 Å². The molecule has 16 heavy (non-hydrogen) atoms. The van der Waals surface area contributed by atoms with Crippen LogP contribution < -0.4 is 5.73 Å². The van der Waals surface area contributed by atoms with Gasteiger partial charge in [0.25, 0.3) is 0 Å². The Balaban J connectivity index is 2.67. The van der Waals surface area contributed by atoms with Crippen LogP contribution in [0.5, 0.6) is 0 Å². The lowest BCUT2D eigenvalue weighted by Crippen LogP contribution is -2.18. The van der Waals surface area contributed by atoms with Crippen molar-refractivity contribution in [2.75, 3.05) is 0 Å². The second-order valence-electron chi connectivity index (χ2n) is 3.32. The van der Waals surface area contributed by atoms with Crippen LogP contribution in [0.25, 0.3) is 11.0 Å². The highest BCUT2D eigenvalue weighted by Crippen LogP contribution is 2.17. The molecule has 0 aliphatic heterocycles. The summed E-state index contributed by atoms with van der Waals surface area (Å²) in [6.07, 6.45) is 1.40. The number of hydrogen-bond acceptors (Lipinski definition) is 3. The van der Waals surface area contributed by atoms with E-state index in [0.717, 1.165) is 0 Å². The van der Waals surface area contributed by atoms with E-state index in [0.29, 0.717) is 11.0 Å². The summed E-state index contributed by atoms with van der Waals surface area (Å²) in [4.78, 5) is 25.8. The number of amides is 1. The van der Waals surface area contributed by atoms with Crippen molar-refractivity contribution in [2.45, 2.75) is 6.54 Å². The maximum Gasteiger partial charge on any atom is 0.337 e. The van der Waals surface area contributed by atoms with Crippen LogP contribution in [0.15, 0.2) is 24.5 Å². The standard InChI is InChI=1S/C10H9N3O3/c11-8(14)4-13-5-12-7-3-1-2-6(9(7)13)10(15)16/h1-3,5H,4H2,(H2,11,14)(H,15,16). The maximum absolute atomic E-state index is 11.0. The average Bonchev–Trinajstić information content (AvgIpc) is 2.60. The summed E-state index contributed by atoms with van der Waals surface area (Å²) in [5, 5.41) is 9.00. The summed E-state index contributed by atoms with van der Waals surface area (Å²) >= 11 is 0. The van der Waals surface area contributed by atoms with Crippen molar-refractivity contribution in [3.63, 3.8) is 0 Å². The Bertz CT molecular complexity index is 574. The quantitative estimate of drug-likeness (QED) is 0.771. The van der Waals surface area contributed by atoms with Crippen LogP contribution in [0.2, 0.25) is 0 Å². The first-order chi connectivity index (χ1) is 7.59. The van der Waals surface area contributed by atoms with E-state index in [-0.39, 0.29) is 12.1 Å². The molecule has 1 amide bonds. The van der Waals surface area contributed by atoms with Crippen molar-refractivity contribution >= 4 is 22.9 Å². The third-order valence-electron chi connectivity index (χ3n) is 2.19. The van der Waals surface area contributed by atoms with E-state index in [1.807, 2.05) is 0 Å². The summed E-state index contributed by atoms with van der Waals surface area (Å²) in [6, 6.07) is 4.75. The number of nitrogens with two attached hydrogens (primary N) is 1. The van der Waals surface area contributed by atoms with Gasteiger partial charge in [-0.1, -0.05) is 6.07 Å². The van der Waals surface area contributed by atoms with Gasteiger partial charge in [0.1, 0.15) is 6.54 Å². The predicted molar refractivity (Wildman–Crippen MR) is 55.9 cm³/mol. The van der Waals surface area contributed by atoms with Gasteiger partial charge >= 0.3 is 5.97 Å². The van der Waals surface area contributed by atoms with Crippen molar-refractivity contribution in [1.82, 2.24) is 9.55 Å². The van der Waals surface area contributed by atoms with Crippen LogP contribution in [0.1, 0.15) is 10.4 Å². The lowest BCUT2D eigenvalue weighted by atomic mass is 10.2. The van der Waals surface area contributed by atoms with E-state index >= 15 is 0 Å². The molecule has 0 radical (unpaired) electrons. The van der Waals surface area contributed by atoms with E-state index in [4.69, 9.17) is 10.8 Å². The van der Waals surface area contributed by atoms with Gasteiger partial charge in [0.05, 0.1) is 22.9 Å². The van der Waals surface area contributed by atoms with Gasteiger partial charge < -0.3 is 15.4 Å². The van der Waals surface area contributed by atoms with E-state index in [9.17, 15) is 9.59 Å². The smallest absolute Gasteiger partial charge is 0.337 e. The highest BCUT2D eigenvalue weighted by atomic mass is 16.4. The zero-order chi connectivity index (χ0) is 11.7. The molecule has 0 saturated heterocycles. The van der Waals surface area contributed by atoms with Crippen molar-refractivity contribution in [1.29, 1.82) is 0 Å². The molecule has 3 N–H and O–H groups in total. The minimum atomic E-state index is -1.06. The SMILES string of the molecule is NC(=O)Cn1cnc2cccc(C(=O)O)c21. The lowest BCUT2D eigenvalue weighted by molar-refractivity contribution is -0.118. The molecule has 6 heteroatoms. The van der Waals surface area contributed by atoms with Crippen LogP contribution >= 0.6 is 0 Å². The zero-order valence-corrected chi connectivity index (χ0v) is 8.25. The lowest BCUT2D eigenvalue weighted by Gasteiger charge is -2.03. The van der Waals surface area contributed by atoms with Gasteiger partial charge in [0, 0.05) is 0 Å². The number of imidazole rings is 1. The Labute approximate surface area is 90.3 Å². The largest absolute Gasteiger partial charge is 0.478 e. The molecule has 0 aliphatic rings. The van der Waals surface area contributed by atoms with E-state index < -0.39 is 11.9 Å². The molecule has 2 aromatic rings. The molecule has 0 bridgehead atoms. The third-order valence-corrected chi connectivity index (χ3v) is 2.19. The van der Waals surface area contributed by atoms with Gasteiger partial charge in [-0.3, -0.25) is 4.79 Å². The number of carbonyl (C=O) groups is 2. The number of carboxylic acids is 1. The van der Waals surface area contributed by atoms with Gasteiger partial charge in [-0.05, 0) is 12.1 Å². The Morgan fingerprint density at radius 2 is 2.19 bits per heavy atom. The van der Waals surface area contributed by atoms with Gasteiger partial charge in [-0.25, -0.2) is 9.78 Å². The molecule has 0 fully saturated rings. The van der Waals surface area contributed by atoms with Crippen molar-refractivity contribution in [2.24, 2.45) is 5.73 Å². The van der Waals surface area contributed by atoms with E-state index in [1.54, 1.807) is 12.1 Å². The molecule has 6 nitrogen and oxygen atoms in total. The molecule has 0 spiro atoms. The molecule has 0 atom stereocenters. The van der Waals surface area contributed by atoms with E-state index in [1.165, 1.54) is 17.0 Å². The second kappa shape index (κ2) is 3.65. The topological polar surface area (TPSA) is 98.2 Å². The van der Waals surface area contributed by atoms with Gasteiger partial charge in [0.2, 0.25) is 5.91 Å². The number of fused-ring (bicyclic) bond motifs is 1. The van der Waals surface area contributed by atoms with Crippen LogP contribution in [0.3, 0.4) is 0 Å². The van der Waals surface area contributed by atoms with Crippen molar-refractivity contribution in [3.05, 3.63) is 30.1 Å². The summed E-state index contributed by atoms with van der Waals surface area (Å²) < 4.78 is 1.43. The molecule has 1 heterocycles. The van der Waals surface area contributed by atoms with Gasteiger partial charge in [-0.15, -0.1) is 0 Å². The number of carboxylic acid groups (broad SMARTS) is 1. The second-order valence-corrected chi connectivity index (χ2v) is 3.32. The van der Waals surface area contributed by atoms with E-state index in [2.05, 4.69) is 4.98 Å².